The highest BCUT2D eigenvalue weighted by Gasteiger charge is 2.48. The lowest BCUT2D eigenvalue weighted by molar-refractivity contribution is -0.317. The molecule has 1 aliphatic rings. The second-order valence-electron chi connectivity index (χ2n) is 16.2. The van der Waals surface area contributed by atoms with Crippen LogP contribution in [0.2, 0.25) is 0 Å². The lowest BCUT2D eigenvalue weighted by Gasteiger charge is -2.41. The Hall–Kier alpha value is -2.75. The van der Waals surface area contributed by atoms with Gasteiger partial charge in [0.1, 0.15) is 24.9 Å². The Bertz CT molecular complexity index is 1420. The number of rotatable bonds is 40. The molecule has 0 aliphatic carbocycles. The number of aliphatic hydroxyl groups is 4. The quantitative estimate of drug-likeness (QED) is 0.0147. The van der Waals surface area contributed by atoms with Gasteiger partial charge in [0.05, 0.1) is 26.4 Å². The van der Waals surface area contributed by atoms with Crippen molar-refractivity contribution in [1.82, 2.24) is 5.32 Å². The Balaban J connectivity index is 2.48. The number of nitrogens with one attached hydrogen (secondary N) is 1. The second kappa shape index (κ2) is 39.4. The summed E-state index contributed by atoms with van der Waals surface area (Å²) in [6.07, 6.45) is 40.7. The van der Waals surface area contributed by atoms with E-state index in [1.54, 1.807) is 0 Å². The van der Waals surface area contributed by atoms with Crippen LogP contribution in [0.15, 0.2) is 72.9 Å². The average Bonchev–Trinajstić information content (AvgIpc) is 3.27. The summed E-state index contributed by atoms with van der Waals surface area (Å²) < 4.78 is 38.7. The largest absolute Gasteiger partial charge is 0.472 e. The number of esters is 2. The molecule has 6 N–H and O–H groups in total. The van der Waals surface area contributed by atoms with E-state index in [4.69, 9.17) is 23.3 Å². The maximum Gasteiger partial charge on any atom is 0.472 e. The van der Waals surface area contributed by atoms with Crippen molar-refractivity contribution in [2.24, 2.45) is 0 Å². The fraction of sp³-hybridized carbons (Fsp3) is 0.714. The molecule has 1 unspecified atom stereocenters. The summed E-state index contributed by atoms with van der Waals surface area (Å²) in [6, 6.07) is 0. The molecular formula is C49H84NO13P. The molecule has 1 rings (SSSR count). The van der Waals surface area contributed by atoms with Gasteiger partial charge in [-0.2, -0.15) is 0 Å². The predicted octanol–water partition coefficient (Wildman–Crippen LogP) is 8.93. The minimum absolute atomic E-state index is 0.0330. The smallest absolute Gasteiger partial charge is 0.462 e. The first-order valence-corrected chi connectivity index (χ1v) is 25.4. The molecule has 1 heterocycles. The lowest BCUT2D eigenvalue weighted by Crippen LogP contribution is -2.64. The van der Waals surface area contributed by atoms with E-state index in [0.29, 0.717) is 19.3 Å². The molecule has 368 valence electrons. The number of hydrogen-bond donors (Lipinski definition) is 6. The zero-order valence-corrected chi connectivity index (χ0v) is 39.9. The zero-order valence-electron chi connectivity index (χ0n) is 39.0. The van der Waals surface area contributed by atoms with Gasteiger partial charge >= 0.3 is 19.8 Å². The molecule has 0 aromatic heterocycles. The van der Waals surface area contributed by atoms with E-state index in [2.05, 4.69) is 73.8 Å². The number of allylic oxidation sites excluding steroid dienone is 12. The fourth-order valence-electron chi connectivity index (χ4n) is 6.51. The van der Waals surface area contributed by atoms with Gasteiger partial charge in [-0.05, 0) is 51.4 Å². The van der Waals surface area contributed by atoms with Crippen molar-refractivity contribution >= 4 is 19.8 Å². The van der Waals surface area contributed by atoms with E-state index >= 15 is 0 Å². The van der Waals surface area contributed by atoms with Crippen LogP contribution in [0.1, 0.15) is 155 Å². The number of hydrogen-bond acceptors (Lipinski definition) is 13. The SMILES string of the molecule is CC/C=C\C/C=C\C/C=C\C/C=C\C/C=C\C/C=C\CCC(=O)O[C@H](COC(=O)CCCCCCCCCCCCCCC)COP(=O)(O)OCCNC[C@@]1(O)OC[C@@H](O)[C@@H](O)[C@@H]1O. The van der Waals surface area contributed by atoms with E-state index in [1.807, 2.05) is 18.2 Å². The van der Waals surface area contributed by atoms with E-state index in [-0.39, 0.29) is 39.1 Å². The summed E-state index contributed by atoms with van der Waals surface area (Å²) in [4.78, 5) is 35.6. The van der Waals surface area contributed by atoms with Crippen LogP contribution in [0, 0.1) is 0 Å². The topological polar surface area (TPSA) is 211 Å². The first-order chi connectivity index (χ1) is 30.9. The van der Waals surface area contributed by atoms with Gasteiger partial charge in [-0.25, -0.2) is 4.57 Å². The molecule has 0 aromatic carbocycles. The Morgan fingerprint density at radius 3 is 1.72 bits per heavy atom. The summed E-state index contributed by atoms with van der Waals surface area (Å²) in [5, 5.41) is 42.6. The second-order valence-corrected chi connectivity index (χ2v) is 17.6. The number of aliphatic hydroxyl groups excluding tert-OH is 3. The van der Waals surface area contributed by atoms with Crippen LogP contribution in [0.25, 0.3) is 0 Å². The number of phosphoric acid groups is 1. The molecule has 0 radical (unpaired) electrons. The lowest BCUT2D eigenvalue weighted by atomic mass is 9.97. The van der Waals surface area contributed by atoms with Crippen molar-refractivity contribution in [2.45, 2.75) is 185 Å². The number of unbranched alkanes of at least 4 members (excludes halogenated alkanes) is 12. The van der Waals surface area contributed by atoms with E-state index < -0.39 is 63.2 Å². The Morgan fingerprint density at radius 2 is 1.19 bits per heavy atom. The van der Waals surface area contributed by atoms with Gasteiger partial charge < -0.3 is 44.8 Å². The number of carbonyl (C=O) groups is 2. The Labute approximate surface area is 384 Å². The van der Waals surface area contributed by atoms with Crippen molar-refractivity contribution < 1.29 is 62.7 Å². The summed E-state index contributed by atoms with van der Waals surface area (Å²) in [5.41, 5.74) is 0. The standard InChI is InChI=1S/C49H84NO13P/c1-3-5-7-9-11-13-15-17-18-19-20-21-22-24-26-28-30-32-34-36-46(53)63-43(39-59-45(52)35-33-31-29-27-25-23-16-14-12-10-8-6-4-2)40-62-64(57,58)61-38-37-50-42-49(56)48(55)47(54)44(51)41-60-49/h5,7,11,13,17-18,20-21,24,26,30,32,43-44,47-48,50-51,54-56H,3-4,6,8-10,12,14-16,19,22-23,25,27-29,31,33-42H2,1-2H3,(H,57,58)/b7-5-,13-11-,18-17-,21-20-,26-24-,32-30-/t43-,44-,47-,48+,49-/m1/s1. The minimum Gasteiger partial charge on any atom is -0.462 e. The number of carbonyl (C=O) groups excluding carboxylic acids is 2. The molecular weight excluding hydrogens is 842 g/mol. The highest BCUT2D eigenvalue weighted by molar-refractivity contribution is 7.47. The van der Waals surface area contributed by atoms with E-state index in [9.17, 15) is 39.5 Å². The molecule has 14 nitrogen and oxygen atoms in total. The monoisotopic (exact) mass is 926 g/mol. The van der Waals surface area contributed by atoms with Crippen molar-refractivity contribution in [3.05, 3.63) is 72.9 Å². The van der Waals surface area contributed by atoms with Gasteiger partial charge in [0.25, 0.3) is 0 Å². The molecule has 64 heavy (non-hydrogen) atoms. The summed E-state index contributed by atoms with van der Waals surface area (Å²) in [5.74, 6) is -3.26. The zero-order chi connectivity index (χ0) is 47.0. The Kier molecular flexibility index (Phi) is 36.5. The van der Waals surface area contributed by atoms with Crippen LogP contribution in [-0.2, 0) is 37.4 Å². The van der Waals surface area contributed by atoms with E-state index in [0.717, 1.165) is 51.4 Å². The van der Waals surface area contributed by atoms with Crippen LogP contribution in [0.3, 0.4) is 0 Å². The maximum atomic E-state index is 12.7. The number of phosphoric ester groups is 1. The van der Waals surface area contributed by atoms with Gasteiger partial charge in [0.15, 0.2) is 6.10 Å². The van der Waals surface area contributed by atoms with Gasteiger partial charge in [-0.15, -0.1) is 0 Å². The molecule has 0 amide bonds. The number of ether oxygens (including phenoxy) is 3. The first-order valence-electron chi connectivity index (χ1n) is 23.9. The van der Waals surface area contributed by atoms with E-state index in [1.165, 1.54) is 57.8 Å². The average molecular weight is 926 g/mol. The first kappa shape index (κ1) is 59.3. The molecule has 6 atom stereocenters. The summed E-state index contributed by atoms with van der Waals surface area (Å²) in [7, 11) is -4.67. The predicted molar refractivity (Wildman–Crippen MR) is 252 cm³/mol. The van der Waals surface area contributed by atoms with Crippen molar-refractivity contribution in [3.63, 3.8) is 0 Å². The Morgan fingerprint density at radius 1 is 0.688 bits per heavy atom. The molecule has 1 saturated heterocycles. The normalized spacial score (nSPS) is 21.0. The highest BCUT2D eigenvalue weighted by Crippen LogP contribution is 2.43. The van der Waals surface area contributed by atoms with Gasteiger partial charge in [-0.3, -0.25) is 18.6 Å². The third-order valence-corrected chi connectivity index (χ3v) is 11.3. The van der Waals surface area contributed by atoms with Crippen LogP contribution in [-0.4, -0.2) is 107 Å². The van der Waals surface area contributed by atoms with Gasteiger partial charge in [0.2, 0.25) is 5.79 Å². The van der Waals surface area contributed by atoms with Crippen LogP contribution in [0.4, 0.5) is 0 Å². The maximum absolute atomic E-state index is 12.7. The highest BCUT2D eigenvalue weighted by atomic mass is 31.2. The van der Waals surface area contributed by atoms with Crippen LogP contribution in [0.5, 0.6) is 0 Å². The van der Waals surface area contributed by atoms with Crippen LogP contribution < -0.4 is 5.32 Å². The minimum atomic E-state index is -4.67. The summed E-state index contributed by atoms with van der Waals surface area (Å²) in [6.45, 7) is 2.13. The third kappa shape index (κ3) is 32.8. The van der Waals surface area contributed by atoms with Crippen molar-refractivity contribution in [2.75, 3.05) is 39.5 Å². The third-order valence-electron chi connectivity index (χ3n) is 10.3. The molecule has 0 bridgehead atoms. The summed E-state index contributed by atoms with van der Waals surface area (Å²) >= 11 is 0. The van der Waals surface area contributed by atoms with Gasteiger partial charge in [0, 0.05) is 19.4 Å². The molecule has 0 aromatic rings. The van der Waals surface area contributed by atoms with Gasteiger partial charge in [-0.1, -0.05) is 164 Å². The van der Waals surface area contributed by atoms with Crippen LogP contribution >= 0.6 is 7.82 Å². The van der Waals surface area contributed by atoms with Crippen molar-refractivity contribution in [1.29, 1.82) is 0 Å². The molecule has 15 heteroatoms. The molecule has 1 aliphatic heterocycles. The fourth-order valence-corrected chi connectivity index (χ4v) is 7.26. The van der Waals surface area contributed by atoms with Crippen molar-refractivity contribution in [3.8, 4) is 0 Å². The molecule has 1 fully saturated rings. The molecule has 0 spiro atoms. The molecule has 0 saturated carbocycles.